The van der Waals surface area contributed by atoms with Gasteiger partial charge in [-0.1, -0.05) is 28.1 Å². The lowest BCUT2D eigenvalue weighted by Crippen LogP contribution is -2.28. The number of hydrogen-bond donors (Lipinski definition) is 3. The molecule has 0 spiro atoms. The van der Waals surface area contributed by atoms with Crippen molar-refractivity contribution < 1.29 is 13.9 Å². The van der Waals surface area contributed by atoms with Crippen LogP contribution in [0.15, 0.2) is 53.3 Å². The Bertz CT molecular complexity index is 914. The van der Waals surface area contributed by atoms with Gasteiger partial charge in [0, 0.05) is 27.9 Å². The number of anilines is 1. The number of aromatic amines is 1. The maximum Gasteiger partial charge on any atom is 0.245 e. The summed E-state index contributed by atoms with van der Waals surface area (Å²) in [7, 11) is 1.47. The van der Waals surface area contributed by atoms with Gasteiger partial charge in [0.1, 0.15) is 17.6 Å². The first-order chi connectivity index (χ1) is 12.5. The van der Waals surface area contributed by atoms with Crippen LogP contribution in [0.5, 0.6) is 5.75 Å². The third-order valence-corrected chi connectivity index (χ3v) is 4.40. The van der Waals surface area contributed by atoms with Gasteiger partial charge in [0.15, 0.2) is 0 Å². The zero-order valence-electron chi connectivity index (χ0n) is 13.8. The molecule has 1 unspecified atom stereocenters. The minimum absolute atomic E-state index is 0.00773. The highest BCUT2D eigenvalue weighted by Gasteiger charge is 2.19. The Labute approximate surface area is 157 Å². The van der Waals surface area contributed by atoms with Gasteiger partial charge in [-0.15, -0.1) is 0 Å². The highest BCUT2D eigenvalue weighted by atomic mass is 79.9. The number of nitrogens with one attached hydrogen (secondary N) is 2. The topological polar surface area (TPSA) is 93.0 Å². The highest BCUT2D eigenvalue weighted by Crippen LogP contribution is 2.34. The molecule has 0 fully saturated rings. The number of nitrogens with zero attached hydrogens (tertiary/aromatic N) is 1. The number of amides is 1. The Hall–Kier alpha value is -2.71. The Balaban J connectivity index is 1.85. The summed E-state index contributed by atoms with van der Waals surface area (Å²) in [6, 6.07) is 8.80. The number of rotatable bonds is 5. The highest BCUT2D eigenvalue weighted by molar-refractivity contribution is 9.10. The maximum absolute atomic E-state index is 14.5. The van der Waals surface area contributed by atoms with Crippen molar-refractivity contribution in [3.8, 4) is 16.9 Å². The van der Waals surface area contributed by atoms with E-state index in [-0.39, 0.29) is 5.69 Å². The van der Waals surface area contributed by atoms with Gasteiger partial charge in [0.25, 0.3) is 0 Å². The second-order valence-electron chi connectivity index (χ2n) is 5.54. The molecule has 8 heteroatoms. The van der Waals surface area contributed by atoms with Gasteiger partial charge in [-0.2, -0.15) is 5.10 Å². The van der Waals surface area contributed by atoms with Crippen LogP contribution in [-0.4, -0.2) is 23.2 Å². The van der Waals surface area contributed by atoms with Crippen LogP contribution in [0.2, 0.25) is 0 Å². The Morgan fingerprint density at radius 1 is 1.35 bits per heavy atom. The third kappa shape index (κ3) is 3.76. The number of hydrogen-bond acceptors (Lipinski definition) is 4. The number of ether oxygens (including phenoxy) is 1. The van der Waals surface area contributed by atoms with Crippen molar-refractivity contribution in [2.75, 3.05) is 12.4 Å². The Morgan fingerprint density at radius 2 is 2.08 bits per heavy atom. The number of carbonyl (C=O) groups excluding carboxylic acids is 1. The molecule has 1 aromatic heterocycles. The van der Waals surface area contributed by atoms with Gasteiger partial charge < -0.3 is 15.8 Å². The van der Waals surface area contributed by atoms with Crippen molar-refractivity contribution >= 4 is 27.5 Å². The van der Waals surface area contributed by atoms with Crippen LogP contribution in [0.3, 0.4) is 0 Å². The minimum atomic E-state index is -0.929. The number of carbonyl (C=O) groups is 1. The van der Waals surface area contributed by atoms with Crippen molar-refractivity contribution in [2.45, 2.75) is 6.04 Å². The normalized spacial score (nSPS) is 11.8. The number of methoxy groups -OCH3 is 1. The molecule has 134 valence electrons. The second-order valence-corrected chi connectivity index (χ2v) is 6.45. The van der Waals surface area contributed by atoms with Crippen molar-refractivity contribution in [1.82, 2.24) is 10.2 Å². The average Bonchev–Trinajstić information content (AvgIpc) is 3.17. The van der Waals surface area contributed by atoms with E-state index >= 15 is 0 Å². The molecule has 1 atom stereocenters. The molecular formula is C18H16BrFN4O2. The third-order valence-electron chi connectivity index (χ3n) is 3.87. The number of H-pyrrole nitrogens is 1. The van der Waals surface area contributed by atoms with Crippen LogP contribution in [0.1, 0.15) is 11.6 Å². The molecule has 0 saturated heterocycles. The van der Waals surface area contributed by atoms with Crippen LogP contribution in [-0.2, 0) is 4.79 Å². The quantitative estimate of drug-likeness (QED) is 0.589. The molecule has 3 rings (SSSR count). The fraction of sp³-hybridized carbons (Fsp3) is 0.111. The van der Waals surface area contributed by atoms with Gasteiger partial charge in [-0.05, 0) is 23.8 Å². The van der Waals surface area contributed by atoms with E-state index in [2.05, 4.69) is 31.4 Å². The number of halogens is 2. The van der Waals surface area contributed by atoms with E-state index in [4.69, 9.17) is 10.5 Å². The minimum Gasteiger partial charge on any atom is -0.496 e. The van der Waals surface area contributed by atoms with E-state index in [1.54, 1.807) is 36.7 Å². The fourth-order valence-electron chi connectivity index (χ4n) is 2.47. The number of nitrogens with two attached hydrogens (primary N) is 1. The first-order valence-corrected chi connectivity index (χ1v) is 8.47. The standard InChI is InChI=1S/C18H16BrFN4O2/c1-26-16-7-15(14(20)6-13(16)11-8-22-23-9-11)24-18(25)17(21)10-2-4-12(19)5-3-10/h2-9,17H,21H2,1H3,(H,22,23)(H,24,25). The first-order valence-electron chi connectivity index (χ1n) is 7.68. The summed E-state index contributed by atoms with van der Waals surface area (Å²) in [4.78, 5) is 12.4. The Morgan fingerprint density at radius 3 is 2.69 bits per heavy atom. The van der Waals surface area contributed by atoms with Gasteiger partial charge in [0.2, 0.25) is 5.91 Å². The van der Waals surface area contributed by atoms with Crippen molar-refractivity contribution in [2.24, 2.45) is 5.73 Å². The summed E-state index contributed by atoms with van der Waals surface area (Å²) in [5, 5.41) is 9.03. The van der Waals surface area contributed by atoms with Crippen molar-refractivity contribution in [3.63, 3.8) is 0 Å². The van der Waals surface area contributed by atoms with E-state index in [0.717, 1.165) is 4.47 Å². The molecule has 0 aliphatic rings. The Kier molecular flexibility index (Phi) is 5.34. The number of aromatic nitrogens is 2. The summed E-state index contributed by atoms with van der Waals surface area (Å²) in [6.07, 6.45) is 3.18. The van der Waals surface area contributed by atoms with E-state index < -0.39 is 17.8 Å². The van der Waals surface area contributed by atoms with Gasteiger partial charge in [-0.3, -0.25) is 9.89 Å². The van der Waals surface area contributed by atoms with Crippen molar-refractivity contribution in [3.05, 3.63) is 64.6 Å². The summed E-state index contributed by atoms with van der Waals surface area (Å²) >= 11 is 3.32. The van der Waals surface area contributed by atoms with E-state index in [1.165, 1.54) is 19.2 Å². The molecule has 3 aromatic rings. The zero-order chi connectivity index (χ0) is 18.7. The molecule has 26 heavy (non-hydrogen) atoms. The lowest BCUT2D eigenvalue weighted by molar-refractivity contribution is -0.117. The predicted molar refractivity (Wildman–Crippen MR) is 100 cm³/mol. The summed E-state index contributed by atoms with van der Waals surface area (Å²) in [5.74, 6) is -0.719. The maximum atomic E-state index is 14.5. The van der Waals surface area contributed by atoms with Crippen LogP contribution < -0.4 is 15.8 Å². The van der Waals surface area contributed by atoms with E-state index in [0.29, 0.717) is 22.4 Å². The fourth-order valence-corrected chi connectivity index (χ4v) is 2.74. The molecule has 6 nitrogen and oxygen atoms in total. The summed E-state index contributed by atoms with van der Waals surface area (Å²) < 4.78 is 20.7. The van der Waals surface area contributed by atoms with Gasteiger partial charge in [0.05, 0.1) is 19.0 Å². The lowest BCUT2D eigenvalue weighted by atomic mass is 10.1. The zero-order valence-corrected chi connectivity index (χ0v) is 15.4. The molecule has 0 bridgehead atoms. The van der Waals surface area contributed by atoms with Crippen LogP contribution >= 0.6 is 15.9 Å². The van der Waals surface area contributed by atoms with Crippen LogP contribution in [0, 0.1) is 5.82 Å². The molecule has 0 aliphatic carbocycles. The van der Waals surface area contributed by atoms with Gasteiger partial charge in [-0.25, -0.2) is 4.39 Å². The van der Waals surface area contributed by atoms with E-state index in [1.807, 2.05) is 0 Å². The molecular weight excluding hydrogens is 403 g/mol. The number of benzene rings is 2. The van der Waals surface area contributed by atoms with Gasteiger partial charge >= 0.3 is 0 Å². The molecule has 2 aromatic carbocycles. The van der Waals surface area contributed by atoms with Crippen LogP contribution in [0.4, 0.5) is 10.1 Å². The molecule has 1 heterocycles. The largest absolute Gasteiger partial charge is 0.496 e. The first kappa shape index (κ1) is 18.1. The smallest absolute Gasteiger partial charge is 0.245 e. The average molecular weight is 419 g/mol. The second kappa shape index (κ2) is 7.67. The van der Waals surface area contributed by atoms with Crippen LogP contribution in [0.25, 0.3) is 11.1 Å². The lowest BCUT2D eigenvalue weighted by Gasteiger charge is -2.15. The van der Waals surface area contributed by atoms with Crippen molar-refractivity contribution in [1.29, 1.82) is 0 Å². The monoisotopic (exact) mass is 418 g/mol. The molecule has 4 N–H and O–H groups in total. The molecule has 0 aliphatic heterocycles. The summed E-state index contributed by atoms with van der Waals surface area (Å²) in [6.45, 7) is 0. The molecule has 1 amide bonds. The predicted octanol–water partition coefficient (Wildman–Crippen LogP) is 3.63. The molecule has 0 saturated carbocycles. The SMILES string of the molecule is COc1cc(NC(=O)C(N)c2ccc(Br)cc2)c(F)cc1-c1cn[nH]c1. The molecule has 0 radical (unpaired) electrons. The van der Waals surface area contributed by atoms with E-state index in [9.17, 15) is 9.18 Å². The summed E-state index contributed by atoms with van der Waals surface area (Å²) in [5.41, 5.74) is 7.78.